The molecule has 3 aromatic carbocycles. The third-order valence-electron chi connectivity index (χ3n) is 5.94. The van der Waals surface area contributed by atoms with Crippen LogP contribution in [0.15, 0.2) is 97.2 Å². The predicted octanol–water partition coefficient (Wildman–Crippen LogP) is 6.69. The summed E-state index contributed by atoms with van der Waals surface area (Å²) in [4.78, 5) is 17.6. The summed E-state index contributed by atoms with van der Waals surface area (Å²) in [5, 5.41) is 2.85. The molecule has 168 valence electrons. The van der Waals surface area contributed by atoms with Crippen molar-refractivity contribution in [1.29, 1.82) is 0 Å². The quantitative estimate of drug-likeness (QED) is 0.314. The van der Waals surface area contributed by atoms with Crippen LogP contribution in [-0.2, 0) is 11.2 Å². The summed E-state index contributed by atoms with van der Waals surface area (Å²) in [5.41, 5.74) is 7.74. The number of hydrogen-bond acceptors (Lipinski definition) is 2. The van der Waals surface area contributed by atoms with Crippen molar-refractivity contribution in [3.05, 3.63) is 114 Å². The molecule has 0 saturated carbocycles. The van der Waals surface area contributed by atoms with Gasteiger partial charge in [-0.05, 0) is 66.4 Å². The van der Waals surface area contributed by atoms with Gasteiger partial charge in [0.1, 0.15) is 11.5 Å². The zero-order chi connectivity index (χ0) is 23.5. The maximum atomic E-state index is 13.2. The van der Waals surface area contributed by atoms with Crippen molar-refractivity contribution in [3.8, 4) is 22.4 Å². The van der Waals surface area contributed by atoms with Crippen molar-refractivity contribution in [2.24, 2.45) is 0 Å². The Morgan fingerprint density at radius 3 is 2.38 bits per heavy atom. The molecule has 0 aliphatic carbocycles. The number of carbonyl (C=O) groups is 1. The first kappa shape index (κ1) is 21.6. The molecule has 5 heteroatoms. The van der Waals surface area contributed by atoms with Gasteiger partial charge >= 0.3 is 0 Å². The molecule has 0 aliphatic heterocycles. The second kappa shape index (κ2) is 9.32. The van der Waals surface area contributed by atoms with Crippen molar-refractivity contribution in [1.82, 2.24) is 9.38 Å². The van der Waals surface area contributed by atoms with E-state index < -0.39 is 0 Å². The molecule has 0 bridgehead atoms. The van der Waals surface area contributed by atoms with Crippen LogP contribution in [0.3, 0.4) is 0 Å². The molecular formula is C29H24FN3O. The minimum absolute atomic E-state index is 0.129. The van der Waals surface area contributed by atoms with Gasteiger partial charge in [-0.1, -0.05) is 54.6 Å². The van der Waals surface area contributed by atoms with Crippen molar-refractivity contribution >= 4 is 17.2 Å². The number of fused-ring (bicyclic) bond motifs is 1. The van der Waals surface area contributed by atoms with Crippen LogP contribution in [0.2, 0.25) is 0 Å². The Bertz CT molecular complexity index is 1460. The van der Waals surface area contributed by atoms with Crippen molar-refractivity contribution < 1.29 is 9.18 Å². The number of halogens is 1. The summed E-state index contributed by atoms with van der Waals surface area (Å²) >= 11 is 0. The average molecular weight is 450 g/mol. The van der Waals surface area contributed by atoms with Crippen LogP contribution in [0.4, 0.5) is 10.1 Å². The lowest BCUT2D eigenvalue weighted by atomic mass is 10.0. The van der Waals surface area contributed by atoms with E-state index in [1.807, 2.05) is 48.5 Å². The number of aryl methyl sites for hydroxylation is 2. The first-order valence-corrected chi connectivity index (χ1v) is 11.3. The zero-order valence-corrected chi connectivity index (χ0v) is 18.8. The molecule has 0 saturated heterocycles. The molecule has 2 aromatic heterocycles. The van der Waals surface area contributed by atoms with E-state index in [0.717, 1.165) is 28.2 Å². The molecule has 34 heavy (non-hydrogen) atoms. The number of aromatic nitrogens is 2. The Morgan fingerprint density at radius 1 is 0.882 bits per heavy atom. The smallest absolute Gasteiger partial charge is 0.224 e. The van der Waals surface area contributed by atoms with E-state index >= 15 is 0 Å². The number of nitrogens with one attached hydrogen (secondary N) is 1. The van der Waals surface area contributed by atoms with Gasteiger partial charge in [-0.3, -0.25) is 4.79 Å². The van der Waals surface area contributed by atoms with Crippen LogP contribution >= 0.6 is 0 Å². The van der Waals surface area contributed by atoms with Crippen LogP contribution in [0.1, 0.15) is 17.7 Å². The molecule has 2 heterocycles. The van der Waals surface area contributed by atoms with E-state index in [0.29, 0.717) is 12.1 Å². The molecule has 0 atom stereocenters. The average Bonchev–Trinajstić information content (AvgIpc) is 3.23. The fourth-order valence-corrected chi connectivity index (χ4v) is 4.20. The summed E-state index contributed by atoms with van der Waals surface area (Å²) in [6, 6.07) is 28.2. The summed E-state index contributed by atoms with van der Waals surface area (Å²) in [6.07, 6.45) is 2.89. The molecule has 1 amide bonds. The number of hydrogen-bond donors (Lipinski definition) is 1. The minimum atomic E-state index is -0.333. The molecule has 4 nitrogen and oxygen atoms in total. The van der Waals surface area contributed by atoms with Crippen LogP contribution in [0.5, 0.6) is 0 Å². The Morgan fingerprint density at radius 2 is 1.62 bits per heavy atom. The van der Waals surface area contributed by atoms with Gasteiger partial charge in [0.25, 0.3) is 0 Å². The van der Waals surface area contributed by atoms with Gasteiger partial charge in [-0.25, -0.2) is 9.37 Å². The van der Waals surface area contributed by atoms with E-state index in [9.17, 15) is 9.18 Å². The number of anilines is 1. The van der Waals surface area contributed by atoms with Gasteiger partial charge in [-0.15, -0.1) is 0 Å². The Hall–Kier alpha value is -4.25. The van der Waals surface area contributed by atoms with Crippen LogP contribution in [-0.4, -0.2) is 15.3 Å². The molecule has 5 rings (SSSR count). The second-order valence-electron chi connectivity index (χ2n) is 8.29. The van der Waals surface area contributed by atoms with Gasteiger partial charge in [0.2, 0.25) is 5.91 Å². The highest BCUT2D eigenvalue weighted by molar-refractivity contribution is 5.91. The third-order valence-corrected chi connectivity index (χ3v) is 5.94. The van der Waals surface area contributed by atoms with Gasteiger partial charge in [0, 0.05) is 23.9 Å². The molecule has 0 radical (unpaired) electrons. The van der Waals surface area contributed by atoms with Crippen molar-refractivity contribution in [2.75, 3.05) is 5.32 Å². The van der Waals surface area contributed by atoms with E-state index in [2.05, 4.69) is 41.0 Å². The minimum Gasteiger partial charge on any atom is -0.326 e. The van der Waals surface area contributed by atoms with Crippen LogP contribution in [0, 0.1) is 12.7 Å². The first-order chi connectivity index (χ1) is 16.6. The lowest BCUT2D eigenvalue weighted by molar-refractivity contribution is -0.116. The lowest BCUT2D eigenvalue weighted by Gasteiger charge is -2.10. The van der Waals surface area contributed by atoms with Gasteiger partial charge in [0.15, 0.2) is 0 Å². The number of rotatable bonds is 6. The first-order valence-electron chi connectivity index (χ1n) is 11.3. The number of benzene rings is 3. The lowest BCUT2D eigenvalue weighted by Crippen LogP contribution is -2.13. The molecule has 5 aromatic rings. The monoisotopic (exact) mass is 449 g/mol. The maximum Gasteiger partial charge on any atom is 0.224 e. The van der Waals surface area contributed by atoms with E-state index in [-0.39, 0.29) is 18.1 Å². The van der Waals surface area contributed by atoms with Crippen LogP contribution in [0.25, 0.3) is 28.0 Å². The zero-order valence-electron chi connectivity index (χ0n) is 18.8. The Kier molecular flexibility index (Phi) is 5.91. The van der Waals surface area contributed by atoms with Crippen molar-refractivity contribution in [2.45, 2.75) is 19.8 Å². The highest BCUT2D eigenvalue weighted by Crippen LogP contribution is 2.29. The summed E-state index contributed by atoms with van der Waals surface area (Å²) in [7, 11) is 0. The van der Waals surface area contributed by atoms with Gasteiger partial charge < -0.3 is 9.72 Å². The number of amides is 1. The Labute approximate surface area is 197 Å². The summed E-state index contributed by atoms with van der Waals surface area (Å²) in [5.74, 6) is -0.462. The fraction of sp³-hybridized carbons (Fsp3) is 0.103. The Balaban J connectivity index is 1.50. The number of nitrogens with zero attached hydrogens (tertiary/aromatic N) is 2. The van der Waals surface area contributed by atoms with Gasteiger partial charge in [0.05, 0.1) is 11.4 Å². The van der Waals surface area contributed by atoms with E-state index in [1.54, 1.807) is 12.1 Å². The molecule has 0 unspecified atom stereocenters. The normalized spacial score (nSPS) is 11.0. The largest absolute Gasteiger partial charge is 0.326 e. The van der Waals surface area contributed by atoms with Gasteiger partial charge in [-0.2, -0.15) is 0 Å². The van der Waals surface area contributed by atoms with E-state index in [1.165, 1.54) is 23.3 Å². The molecule has 1 N–H and O–H groups in total. The summed E-state index contributed by atoms with van der Waals surface area (Å²) < 4.78 is 15.3. The molecule has 0 fully saturated rings. The van der Waals surface area contributed by atoms with E-state index in [4.69, 9.17) is 4.98 Å². The fourth-order valence-electron chi connectivity index (χ4n) is 4.20. The number of pyridine rings is 1. The molecule has 0 spiro atoms. The highest BCUT2D eigenvalue weighted by atomic mass is 19.1. The topological polar surface area (TPSA) is 46.4 Å². The third kappa shape index (κ3) is 4.46. The number of imidazole rings is 1. The highest BCUT2D eigenvalue weighted by Gasteiger charge is 2.16. The second-order valence-corrected chi connectivity index (χ2v) is 8.29. The number of carbonyl (C=O) groups excluding carboxylic acids is 1. The SMILES string of the molecule is Cc1ccccc1-c1ccc2nc(-c3ccccc3)c(CCC(=O)Nc3ccc(F)cc3)n2c1. The maximum absolute atomic E-state index is 13.2. The van der Waals surface area contributed by atoms with Crippen molar-refractivity contribution in [3.63, 3.8) is 0 Å². The standard InChI is InChI=1S/C29H24FN3O/c1-20-7-5-6-10-25(20)22-11-17-27-32-29(21-8-3-2-4-9-21)26(33(27)19-22)16-18-28(34)31-24-14-12-23(30)13-15-24/h2-15,17,19H,16,18H2,1H3,(H,31,34). The van der Waals surface area contributed by atoms with Crippen LogP contribution < -0.4 is 5.32 Å². The molecule has 0 aliphatic rings. The predicted molar refractivity (Wildman–Crippen MR) is 134 cm³/mol. The molecular weight excluding hydrogens is 425 g/mol. The summed E-state index contributed by atoms with van der Waals surface area (Å²) in [6.45, 7) is 2.10.